The molecule has 0 aliphatic rings. The Morgan fingerprint density at radius 3 is 2.18 bits per heavy atom. The number of hydrogen-bond acceptors (Lipinski definition) is 4. The predicted octanol–water partition coefficient (Wildman–Crippen LogP) is 3.51. The number of nitrogens with zero attached hydrogens (tertiary/aromatic N) is 1. The second-order valence-electron chi connectivity index (χ2n) is 6.27. The molecule has 0 bridgehead atoms. The van der Waals surface area contributed by atoms with Gasteiger partial charge >= 0.3 is 0 Å². The van der Waals surface area contributed by atoms with Crippen LogP contribution in [-0.2, 0) is 16.6 Å². The molecule has 0 unspecified atom stereocenters. The van der Waals surface area contributed by atoms with Crippen molar-refractivity contribution in [2.45, 2.75) is 18.4 Å². The average molecular weight is 396 g/mol. The normalized spacial score (nSPS) is 11.1. The smallest absolute Gasteiger partial charge is 0.276 e. The average Bonchev–Trinajstić information content (AvgIpc) is 2.72. The summed E-state index contributed by atoms with van der Waals surface area (Å²) in [6, 6.07) is 21.9. The molecule has 0 fully saturated rings. The zero-order chi connectivity index (χ0) is 20.1. The number of rotatable bonds is 6. The van der Waals surface area contributed by atoms with Gasteiger partial charge in [0.05, 0.1) is 22.7 Å². The zero-order valence-corrected chi connectivity index (χ0v) is 16.1. The number of aryl methyl sites for hydroxylation is 1. The fourth-order valence-corrected chi connectivity index (χ4v) is 4.30. The summed E-state index contributed by atoms with van der Waals surface area (Å²) in [7, 11) is -3.96. The van der Waals surface area contributed by atoms with Crippen LogP contribution in [0.25, 0.3) is 0 Å². The molecule has 0 aromatic heterocycles. The van der Waals surface area contributed by atoms with Crippen LogP contribution in [0.2, 0.25) is 0 Å². The second kappa shape index (κ2) is 8.24. The predicted molar refractivity (Wildman–Crippen MR) is 107 cm³/mol. The van der Waals surface area contributed by atoms with Gasteiger partial charge in [-0.15, -0.1) is 0 Å². The van der Waals surface area contributed by atoms with Gasteiger partial charge in [0.15, 0.2) is 0 Å². The summed E-state index contributed by atoms with van der Waals surface area (Å²) in [6.07, 6.45) is 0. The van der Waals surface area contributed by atoms with Gasteiger partial charge in [-0.25, -0.2) is 13.9 Å². The highest BCUT2D eigenvalue weighted by molar-refractivity contribution is 7.92. The Bertz CT molecular complexity index is 1070. The Morgan fingerprint density at radius 1 is 0.929 bits per heavy atom. The third-order valence-corrected chi connectivity index (χ3v) is 6.07. The van der Waals surface area contributed by atoms with Gasteiger partial charge in [0.1, 0.15) is 0 Å². The van der Waals surface area contributed by atoms with E-state index >= 15 is 0 Å². The highest BCUT2D eigenvalue weighted by atomic mass is 32.2. The van der Waals surface area contributed by atoms with E-state index in [0.29, 0.717) is 0 Å². The fraction of sp³-hybridized carbons (Fsp3) is 0.0952. The highest BCUT2D eigenvalue weighted by Gasteiger charge is 2.28. The number of carbonyl (C=O) groups is 1. The lowest BCUT2D eigenvalue weighted by Crippen LogP contribution is -2.33. The van der Waals surface area contributed by atoms with Crippen molar-refractivity contribution in [2.24, 2.45) is 0 Å². The van der Waals surface area contributed by atoms with Gasteiger partial charge in [-0.1, -0.05) is 60.2 Å². The summed E-state index contributed by atoms with van der Waals surface area (Å²) in [5.41, 5.74) is 3.51. The number of amides is 1. The number of para-hydroxylation sites is 1. The minimum atomic E-state index is -3.96. The fourth-order valence-electron chi connectivity index (χ4n) is 2.83. The van der Waals surface area contributed by atoms with Gasteiger partial charge < -0.3 is 0 Å². The minimum Gasteiger partial charge on any atom is -0.288 e. The third-order valence-electron chi connectivity index (χ3n) is 4.30. The van der Waals surface area contributed by atoms with Crippen molar-refractivity contribution in [3.8, 4) is 0 Å². The molecule has 6 nitrogen and oxygen atoms in total. The van der Waals surface area contributed by atoms with Gasteiger partial charge in [-0.2, -0.15) is 0 Å². The van der Waals surface area contributed by atoms with Crippen molar-refractivity contribution in [2.75, 3.05) is 4.31 Å². The lowest BCUT2D eigenvalue weighted by Gasteiger charge is -2.26. The van der Waals surface area contributed by atoms with Gasteiger partial charge in [0, 0.05) is 0 Å². The largest absolute Gasteiger partial charge is 0.288 e. The maximum atomic E-state index is 13.4. The van der Waals surface area contributed by atoms with Crippen LogP contribution >= 0.6 is 0 Å². The van der Waals surface area contributed by atoms with Crippen molar-refractivity contribution in [1.29, 1.82) is 0 Å². The molecular formula is C21H20N2O4S. The van der Waals surface area contributed by atoms with Crippen LogP contribution < -0.4 is 9.79 Å². The van der Waals surface area contributed by atoms with E-state index in [1.807, 2.05) is 37.3 Å². The first-order chi connectivity index (χ1) is 13.4. The number of sulfonamides is 1. The molecule has 144 valence electrons. The SMILES string of the molecule is Cc1ccc(S(=O)(=O)N(Cc2ccccc2)c2ccccc2C(=O)NO)cc1. The Morgan fingerprint density at radius 2 is 1.54 bits per heavy atom. The van der Waals surface area contributed by atoms with Gasteiger partial charge in [0.2, 0.25) is 0 Å². The number of anilines is 1. The Balaban J connectivity index is 2.16. The lowest BCUT2D eigenvalue weighted by atomic mass is 10.1. The van der Waals surface area contributed by atoms with Gasteiger partial charge in [-0.3, -0.25) is 14.3 Å². The van der Waals surface area contributed by atoms with Crippen LogP contribution in [0, 0.1) is 6.92 Å². The molecule has 0 atom stereocenters. The second-order valence-corrected chi connectivity index (χ2v) is 8.13. The molecule has 0 saturated carbocycles. The molecule has 3 rings (SSSR count). The molecule has 3 aromatic rings. The van der Waals surface area contributed by atoms with Crippen LogP contribution in [0.5, 0.6) is 0 Å². The Hall–Kier alpha value is -3.16. The molecule has 0 heterocycles. The first-order valence-corrected chi connectivity index (χ1v) is 10.0. The molecule has 1 amide bonds. The van der Waals surface area contributed by atoms with E-state index in [0.717, 1.165) is 11.1 Å². The van der Waals surface area contributed by atoms with E-state index in [1.165, 1.54) is 22.5 Å². The first-order valence-electron chi connectivity index (χ1n) is 8.60. The van der Waals surface area contributed by atoms with Crippen LogP contribution in [0.3, 0.4) is 0 Å². The summed E-state index contributed by atoms with van der Waals surface area (Å²) in [4.78, 5) is 12.2. The number of carbonyl (C=O) groups excluding carboxylic acids is 1. The molecular weight excluding hydrogens is 376 g/mol. The molecule has 0 radical (unpaired) electrons. The van der Waals surface area contributed by atoms with E-state index < -0.39 is 15.9 Å². The molecule has 0 spiro atoms. The number of hydrogen-bond donors (Lipinski definition) is 2. The molecule has 7 heteroatoms. The molecule has 28 heavy (non-hydrogen) atoms. The van der Waals surface area contributed by atoms with E-state index in [1.54, 1.807) is 35.8 Å². The van der Waals surface area contributed by atoms with Crippen LogP contribution in [0.15, 0.2) is 83.8 Å². The van der Waals surface area contributed by atoms with Crippen molar-refractivity contribution in [3.63, 3.8) is 0 Å². The quantitative estimate of drug-likeness (QED) is 0.493. The van der Waals surface area contributed by atoms with Crippen molar-refractivity contribution >= 4 is 21.6 Å². The Labute approximate surface area is 164 Å². The summed E-state index contributed by atoms with van der Waals surface area (Å²) < 4.78 is 28.1. The van der Waals surface area contributed by atoms with Crippen LogP contribution in [0.1, 0.15) is 21.5 Å². The standard InChI is InChI=1S/C21H20N2O4S/c1-16-11-13-18(14-12-16)28(26,27)23(15-17-7-3-2-4-8-17)20-10-6-5-9-19(20)21(24)22-25/h2-14,25H,15H2,1H3,(H,22,24). The van der Waals surface area contributed by atoms with Crippen molar-refractivity contribution < 1.29 is 18.4 Å². The van der Waals surface area contributed by atoms with E-state index in [4.69, 9.17) is 5.21 Å². The number of hydroxylamine groups is 1. The molecule has 0 saturated heterocycles. The molecule has 0 aliphatic heterocycles. The molecule has 2 N–H and O–H groups in total. The number of benzene rings is 3. The van der Waals surface area contributed by atoms with Crippen LogP contribution in [0.4, 0.5) is 5.69 Å². The minimum absolute atomic E-state index is 0.0345. The topological polar surface area (TPSA) is 86.7 Å². The molecule has 3 aromatic carbocycles. The number of nitrogens with one attached hydrogen (secondary N) is 1. The zero-order valence-electron chi connectivity index (χ0n) is 15.2. The van der Waals surface area contributed by atoms with Crippen molar-refractivity contribution in [1.82, 2.24) is 5.48 Å². The summed E-state index contributed by atoms with van der Waals surface area (Å²) in [6.45, 7) is 1.91. The van der Waals surface area contributed by atoms with Crippen molar-refractivity contribution in [3.05, 3.63) is 95.6 Å². The highest BCUT2D eigenvalue weighted by Crippen LogP contribution is 2.29. The monoisotopic (exact) mass is 396 g/mol. The Kier molecular flexibility index (Phi) is 5.77. The summed E-state index contributed by atoms with van der Waals surface area (Å²) in [5, 5.41) is 9.07. The molecule has 0 aliphatic carbocycles. The summed E-state index contributed by atoms with van der Waals surface area (Å²) in [5.74, 6) is -0.784. The van der Waals surface area contributed by atoms with E-state index in [9.17, 15) is 13.2 Å². The third kappa shape index (κ3) is 4.05. The maximum Gasteiger partial charge on any atom is 0.276 e. The van der Waals surface area contributed by atoms with Crippen LogP contribution in [-0.4, -0.2) is 19.5 Å². The van der Waals surface area contributed by atoms with E-state index in [2.05, 4.69) is 0 Å². The summed E-state index contributed by atoms with van der Waals surface area (Å²) >= 11 is 0. The van der Waals surface area contributed by atoms with E-state index in [-0.39, 0.29) is 22.7 Å². The van der Waals surface area contributed by atoms with Gasteiger partial charge in [0.25, 0.3) is 15.9 Å². The van der Waals surface area contributed by atoms with Gasteiger partial charge in [-0.05, 0) is 36.8 Å². The first kappa shape index (κ1) is 19.6. The maximum absolute atomic E-state index is 13.4. The lowest BCUT2D eigenvalue weighted by molar-refractivity contribution is 0.0707.